The molecule has 0 radical (unpaired) electrons. The monoisotopic (exact) mass is 232 g/mol. The first-order valence-electron chi connectivity index (χ1n) is 3.43. The van der Waals surface area contributed by atoms with Gasteiger partial charge in [0.2, 0.25) is 0 Å². The van der Waals surface area contributed by atoms with Crippen molar-refractivity contribution in [2.45, 2.75) is 6.42 Å². The van der Waals surface area contributed by atoms with Gasteiger partial charge >= 0.3 is 0 Å². The fraction of sp³-hybridized carbons (Fsp3) is 0.375. The zero-order chi connectivity index (χ0) is 8.10. The predicted molar refractivity (Wildman–Crippen MR) is 54.2 cm³/mol. The smallest absolute Gasteiger partial charge is 0.133 e. The molecule has 0 aliphatic heterocycles. The number of hydrogen-bond donors (Lipinski definition) is 0. The summed E-state index contributed by atoms with van der Waals surface area (Å²) in [4.78, 5) is 0.897. The molecule has 0 bridgehead atoms. The number of ether oxygens (including phenoxy) is 1. The maximum absolute atomic E-state index is 5.37. The Morgan fingerprint density at radius 1 is 1.64 bits per heavy atom. The number of rotatable bonds is 3. The zero-order valence-electron chi connectivity index (χ0n) is 6.05. The molecule has 0 aromatic carbocycles. The number of thiocarbonyl (C=S) groups is 1. The standard InChI is InChI=1S/C8H9BrOS/c9-5-6-10-7-3-1-2-4-8(7)11/h1-3H,4-6H2. The van der Waals surface area contributed by atoms with Crippen molar-refractivity contribution in [3.8, 4) is 0 Å². The van der Waals surface area contributed by atoms with Crippen LogP contribution in [-0.2, 0) is 4.74 Å². The van der Waals surface area contributed by atoms with Crippen LogP contribution in [0.4, 0.5) is 0 Å². The first kappa shape index (κ1) is 8.94. The first-order valence-corrected chi connectivity index (χ1v) is 4.96. The average molecular weight is 233 g/mol. The zero-order valence-corrected chi connectivity index (χ0v) is 8.45. The lowest BCUT2D eigenvalue weighted by atomic mass is 10.1. The van der Waals surface area contributed by atoms with Crippen LogP contribution in [0.25, 0.3) is 0 Å². The molecule has 1 aliphatic rings. The van der Waals surface area contributed by atoms with E-state index in [-0.39, 0.29) is 0 Å². The fourth-order valence-corrected chi connectivity index (χ4v) is 1.19. The van der Waals surface area contributed by atoms with Gasteiger partial charge in [0, 0.05) is 11.8 Å². The van der Waals surface area contributed by atoms with Crippen molar-refractivity contribution in [1.29, 1.82) is 0 Å². The molecule has 0 saturated carbocycles. The second-order valence-electron chi connectivity index (χ2n) is 2.12. The van der Waals surface area contributed by atoms with E-state index in [2.05, 4.69) is 15.9 Å². The Labute approximate surface area is 80.2 Å². The number of allylic oxidation sites excluding steroid dienone is 4. The minimum atomic E-state index is 0.680. The molecule has 1 rings (SSSR count). The lowest BCUT2D eigenvalue weighted by molar-refractivity contribution is 0.254. The molecule has 11 heavy (non-hydrogen) atoms. The van der Waals surface area contributed by atoms with Gasteiger partial charge in [0.25, 0.3) is 0 Å². The molecule has 0 unspecified atom stereocenters. The summed E-state index contributed by atoms with van der Waals surface area (Å²) in [6.07, 6.45) is 6.75. The molecule has 0 heterocycles. The normalized spacial score (nSPS) is 16.5. The van der Waals surface area contributed by atoms with Crippen LogP contribution < -0.4 is 0 Å². The number of hydrogen-bond acceptors (Lipinski definition) is 2. The largest absolute Gasteiger partial charge is 0.492 e. The van der Waals surface area contributed by atoms with Gasteiger partial charge in [-0.1, -0.05) is 40.3 Å². The molecule has 1 aliphatic carbocycles. The van der Waals surface area contributed by atoms with Crippen molar-refractivity contribution in [1.82, 2.24) is 0 Å². The number of halogens is 1. The Kier molecular flexibility index (Phi) is 3.80. The molecule has 0 saturated heterocycles. The molecule has 0 N–H and O–H groups in total. The summed E-state index contributed by atoms with van der Waals surface area (Å²) in [6.45, 7) is 0.680. The number of alkyl halides is 1. The van der Waals surface area contributed by atoms with E-state index < -0.39 is 0 Å². The van der Waals surface area contributed by atoms with Gasteiger partial charge in [0.05, 0.1) is 11.5 Å². The van der Waals surface area contributed by atoms with Crippen LogP contribution in [-0.4, -0.2) is 16.8 Å². The molecule has 0 spiro atoms. The van der Waals surface area contributed by atoms with Crippen LogP contribution in [0.2, 0.25) is 0 Å². The van der Waals surface area contributed by atoms with Gasteiger partial charge in [-0.15, -0.1) is 0 Å². The van der Waals surface area contributed by atoms with Crippen molar-refractivity contribution >= 4 is 33.0 Å². The summed E-state index contributed by atoms with van der Waals surface area (Å²) in [5.74, 6) is 0.849. The van der Waals surface area contributed by atoms with E-state index in [1.54, 1.807) is 0 Å². The second kappa shape index (κ2) is 4.67. The summed E-state index contributed by atoms with van der Waals surface area (Å²) in [5.41, 5.74) is 0. The van der Waals surface area contributed by atoms with E-state index in [9.17, 15) is 0 Å². The molecule has 0 fully saturated rings. The van der Waals surface area contributed by atoms with Gasteiger partial charge in [0.1, 0.15) is 5.76 Å². The van der Waals surface area contributed by atoms with Crippen LogP contribution >= 0.6 is 28.1 Å². The van der Waals surface area contributed by atoms with Crippen LogP contribution in [0.1, 0.15) is 6.42 Å². The van der Waals surface area contributed by atoms with E-state index in [1.807, 2.05) is 18.2 Å². The third-order valence-corrected chi connectivity index (χ3v) is 1.99. The highest BCUT2D eigenvalue weighted by Gasteiger charge is 2.06. The summed E-state index contributed by atoms with van der Waals surface area (Å²) < 4.78 is 5.37. The van der Waals surface area contributed by atoms with Crippen molar-refractivity contribution in [2.75, 3.05) is 11.9 Å². The highest BCUT2D eigenvalue weighted by molar-refractivity contribution is 9.09. The maximum Gasteiger partial charge on any atom is 0.133 e. The van der Waals surface area contributed by atoms with Crippen LogP contribution in [0.15, 0.2) is 24.0 Å². The lowest BCUT2D eigenvalue weighted by Gasteiger charge is -2.10. The Balaban J connectivity index is 2.47. The minimum Gasteiger partial charge on any atom is -0.492 e. The molecule has 0 aromatic rings. The fourth-order valence-electron chi connectivity index (χ4n) is 0.801. The van der Waals surface area contributed by atoms with Crippen molar-refractivity contribution in [3.63, 3.8) is 0 Å². The molecule has 60 valence electrons. The molecule has 3 heteroatoms. The summed E-state index contributed by atoms with van der Waals surface area (Å²) in [7, 11) is 0. The predicted octanol–water partition coefficient (Wildman–Crippen LogP) is 2.61. The minimum absolute atomic E-state index is 0.680. The topological polar surface area (TPSA) is 9.23 Å². The van der Waals surface area contributed by atoms with Gasteiger partial charge in [-0.3, -0.25) is 0 Å². The van der Waals surface area contributed by atoms with Crippen LogP contribution in [0.3, 0.4) is 0 Å². The Morgan fingerprint density at radius 3 is 3.09 bits per heavy atom. The van der Waals surface area contributed by atoms with Crippen molar-refractivity contribution in [2.24, 2.45) is 0 Å². The third-order valence-electron chi connectivity index (χ3n) is 1.30. The highest BCUT2D eigenvalue weighted by Crippen LogP contribution is 2.10. The van der Waals surface area contributed by atoms with Crippen molar-refractivity contribution < 1.29 is 4.74 Å². The van der Waals surface area contributed by atoms with Gasteiger partial charge in [0.15, 0.2) is 0 Å². The summed E-state index contributed by atoms with van der Waals surface area (Å²) >= 11 is 8.36. The van der Waals surface area contributed by atoms with Crippen molar-refractivity contribution in [3.05, 3.63) is 24.0 Å². The first-order chi connectivity index (χ1) is 5.34. The molecule has 0 amide bonds. The van der Waals surface area contributed by atoms with Crippen LogP contribution in [0.5, 0.6) is 0 Å². The van der Waals surface area contributed by atoms with E-state index >= 15 is 0 Å². The second-order valence-corrected chi connectivity index (χ2v) is 3.41. The quantitative estimate of drug-likeness (QED) is 0.547. The average Bonchev–Trinajstić information content (AvgIpc) is 2.03. The molecular weight excluding hydrogens is 224 g/mol. The molecule has 1 nitrogen and oxygen atoms in total. The van der Waals surface area contributed by atoms with Crippen LogP contribution in [0, 0.1) is 0 Å². The molecular formula is C8H9BrOS. The Hall–Kier alpha value is -0.150. The summed E-state index contributed by atoms with van der Waals surface area (Å²) in [6, 6.07) is 0. The van der Waals surface area contributed by atoms with Gasteiger partial charge in [-0.05, 0) is 6.08 Å². The van der Waals surface area contributed by atoms with E-state index in [0.29, 0.717) is 6.61 Å². The maximum atomic E-state index is 5.37. The van der Waals surface area contributed by atoms with Gasteiger partial charge in [-0.25, -0.2) is 0 Å². The third kappa shape index (κ3) is 2.75. The highest BCUT2D eigenvalue weighted by atomic mass is 79.9. The Bertz CT molecular complexity index is 208. The van der Waals surface area contributed by atoms with E-state index in [0.717, 1.165) is 22.4 Å². The molecule has 0 aromatic heterocycles. The van der Waals surface area contributed by atoms with Gasteiger partial charge < -0.3 is 4.74 Å². The lowest BCUT2D eigenvalue weighted by Crippen LogP contribution is -2.06. The van der Waals surface area contributed by atoms with E-state index in [4.69, 9.17) is 17.0 Å². The SMILES string of the molecule is S=C1CC=CC=C1OCCBr. The van der Waals surface area contributed by atoms with Gasteiger partial charge in [-0.2, -0.15) is 0 Å². The Morgan fingerprint density at radius 2 is 2.45 bits per heavy atom. The molecule has 0 atom stereocenters. The van der Waals surface area contributed by atoms with E-state index in [1.165, 1.54) is 0 Å². The summed E-state index contributed by atoms with van der Waals surface area (Å²) in [5, 5.41) is 0.844.